The fourth-order valence-corrected chi connectivity index (χ4v) is 3.16. The second-order valence-electron chi connectivity index (χ2n) is 5.64. The summed E-state index contributed by atoms with van der Waals surface area (Å²) in [7, 11) is 1.66. The Bertz CT molecular complexity index is 699. The van der Waals surface area contributed by atoms with Gasteiger partial charge in [0.1, 0.15) is 5.75 Å². The quantitative estimate of drug-likeness (QED) is 0.617. The van der Waals surface area contributed by atoms with Crippen molar-refractivity contribution in [1.29, 1.82) is 0 Å². The molecule has 0 unspecified atom stereocenters. The first-order valence-corrected chi connectivity index (χ1v) is 8.82. The number of methoxy groups -OCH3 is 1. The summed E-state index contributed by atoms with van der Waals surface area (Å²) in [5.41, 5.74) is 4.11. The molecule has 0 saturated carbocycles. The Morgan fingerprint density at radius 2 is 1.88 bits per heavy atom. The minimum absolute atomic E-state index is 0.0191. The van der Waals surface area contributed by atoms with Crippen LogP contribution in [0.1, 0.15) is 22.5 Å². The Hall–Kier alpha value is -2.08. The van der Waals surface area contributed by atoms with Gasteiger partial charge in [-0.2, -0.15) is 0 Å². The number of hydrogen-bond donors (Lipinski definition) is 1. The highest BCUT2D eigenvalue weighted by Gasteiger charge is 2.07. The molecule has 0 radical (unpaired) electrons. The number of benzene rings is 1. The minimum Gasteiger partial charge on any atom is -0.496 e. The smallest absolute Gasteiger partial charge is 0.230 e. The van der Waals surface area contributed by atoms with Crippen LogP contribution in [0.5, 0.6) is 5.75 Å². The molecule has 1 N–H and O–H groups in total. The van der Waals surface area contributed by atoms with Crippen LogP contribution in [0.3, 0.4) is 0 Å². The van der Waals surface area contributed by atoms with Crippen molar-refractivity contribution >= 4 is 17.7 Å². The molecular formula is C18H23N3O2S. The van der Waals surface area contributed by atoms with Gasteiger partial charge in [0.25, 0.3) is 0 Å². The maximum atomic E-state index is 12.0. The molecule has 2 aromatic rings. The molecule has 6 heteroatoms. The molecule has 0 atom stereocenters. The molecule has 2 rings (SSSR count). The van der Waals surface area contributed by atoms with Gasteiger partial charge in [0, 0.05) is 17.9 Å². The molecule has 1 aromatic carbocycles. The second kappa shape index (κ2) is 8.68. The van der Waals surface area contributed by atoms with Gasteiger partial charge in [-0.25, -0.2) is 9.97 Å². The lowest BCUT2D eigenvalue weighted by atomic mass is 10.1. The molecule has 0 aliphatic carbocycles. The number of rotatable bonds is 7. The Labute approximate surface area is 147 Å². The van der Waals surface area contributed by atoms with Gasteiger partial charge in [-0.1, -0.05) is 29.5 Å². The molecule has 0 fully saturated rings. The first kappa shape index (κ1) is 18.3. The van der Waals surface area contributed by atoms with Crippen molar-refractivity contribution in [2.24, 2.45) is 0 Å². The lowest BCUT2D eigenvalue weighted by Crippen LogP contribution is -2.27. The first-order chi connectivity index (χ1) is 11.5. The highest BCUT2D eigenvalue weighted by Crippen LogP contribution is 2.20. The molecule has 1 aromatic heterocycles. The number of ether oxygens (including phenoxy) is 1. The summed E-state index contributed by atoms with van der Waals surface area (Å²) < 4.78 is 5.35. The molecule has 1 heterocycles. The average Bonchev–Trinajstić information content (AvgIpc) is 2.52. The van der Waals surface area contributed by atoms with Crippen LogP contribution in [0.25, 0.3) is 0 Å². The van der Waals surface area contributed by atoms with E-state index in [9.17, 15) is 4.79 Å². The molecule has 0 spiro atoms. The Balaban J connectivity index is 1.80. The fraction of sp³-hybridized carbons (Fsp3) is 0.389. The zero-order chi connectivity index (χ0) is 17.5. The van der Waals surface area contributed by atoms with Crippen LogP contribution in [-0.2, 0) is 11.2 Å². The molecule has 0 saturated heterocycles. The van der Waals surface area contributed by atoms with Crippen molar-refractivity contribution in [2.75, 3.05) is 19.4 Å². The Morgan fingerprint density at radius 1 is 1.17 bits per heavy atom. The number of aromatic nitrogens is 2. The Morgan fingerprint density at radius 3 is 2.54 bits per heavy atom. The van der Waals surface area contributed by atoms with Crippen LogP contribution in [-0.4, -0.2) is 35.3 Å². The van der Waals surface area contributed by atoms with Gasteiger partial charge < -0.3 is 10.1 Å². The molecule has 0 aliphatic rings. The van der Waals surface area contributed by atoms with E-state index in [0.717, 1.165) is 29.1 Å². The molecule has 5 nitrogen and oxygen atoms in total. The standard InChI is InChI=1S/C18H23N3O2S/c1-12-5-6-16(23-4)15(9-12)7-8-19-17(22)11-24-18-20-13(2)10-14(3)21-18/h5-6,9-10H,7-8,11H2,1-4H3,(H,19,22). The summed E-state index contributed by atoms with van der Waals surface area (Å²) >= 11 is 1.35. The highest BCUT2D eigenvalue weighted by molar-refractivity contribution is 7.99. The van der Waals surface area contributed by atoms with E-state index < -0.39 is 0 Å². The van der Waals surface area contributed by atoms with E-state index in [1.54, 1.807) is 7.11 Å². The van der Waals surface area contributed by atoms with Crippen LogP contribution in [0.2, 0.25) is 0 Å². The monoisotopic (exact) mass is 345 g/mol. The molecule has 128 valence electrons. The Kier molecular flexibility index (Phi) is 6.61. The van der Waals surface area contributed by atoms with Gasteiger partial charge in [0.15, 0.2) is 5.16 Å². The molecule has 24 heavy (non-hydrogen) atoms. The van der Waals surface area contributed by atoms with E-state index in [4.69, 9.17) is 4.74 Å². The van der Waals surface area contributed by atoms with Gasteiger partial charge >= 0.3 is 0 Å². The van der Waals surface area contributed by atoms with Gasteiger partial charge in [-0.05, 0) is 44.9 Å². The molecular weight excluding hydrogens is 322 g/mol. The van der Waals surface area contributed by atoms with E-state index >= 15 is 0 Å². The number of nitrogens with one attached hydrogen (secondary N) is 1. The van der Waals surface area contributed by atoms with Gasteiger partial charge in [0.2, 0.25) is 5.91 Å². The van der Waals surface area contributed by atoms with Crippen LogP contribution >= 0.6 is 11.8 Å². The lowest BCUT2D eigenvalue weighted by molar-refractivity contribution is -0.118. The minimum atomic E-state index is -0.0191. The van der Waals surface area contributed by atoms with E-state index in [2.05, 4.69) is 21.4 Å². The van der Waals surface area contributed by atoms with Crippen LogP contribution < -0.4 is 10.1 Å². The molecule has 1 amide bonds. The van der Waals surface area contributed by atoms with Crippen molar-refractivity contribution in [1.82, 2.24) is 15.3 Å². The number of carbonyl (C=O) groups excluding carboxylic acids is 1. The highest BCUT2D eigenvalue weighted by atomic mass is 32.2. The summed E-state index contributed by atoms with van der Waals surface area (Å²) in [5.74, 6) is 1.15. The molecule has 0 aliphatic heterocycles. The van der Waals surface area contributed by atoms with Crippen molar-refractivity contribution in [3.63, 3.8) is 0 Å². The van der Waals surface area contributed by atoms with E-state index in [1.165, 1.54) is 17.3 Å². The third-order valence-corrected chi connectivity index (χ3v) is 4.29. The number of hydrogen-bond acceptors (Lipinski definition) is 5. The number of thioether (sulfide) groups is 1. The zero-order valence-electron chi connectivity index (χ0n) is 14.5. The SMILES string of the molecule is COc1ccc(C)cc1CCNC(=O)CSc1nc(C)cc(C)n1. The first-order valence-electron chi connectivity index (χ1n) is 7.83. The average molecular weight is 345 g/mol. The topological polar surface area (TPSA) is 64.1 Å². The fourth-order valence-electron chi connectivity index (χ4n) is 2.38. The molecule has 0 bridgehead atoms. The van der Waals surface area contributed by atoms with Crippen LogP contribution in [0.4, 0.5) is 0 Å². The third-order valence-electron chi connectivity index (χ3n) is 3.45. The summed E-state index contributed by atoms with van der Waals surface area (Å²) in [6, 6.07) is 7.98. The second-order valence-corrected chi connectivity index (χ2v) is 6.58. The van der Waals surface area contributed by atoms with Gasteiger partial charge in [-0.15, -0.1) is 0 Å². The maximum absolute atomic E-state index is 12.0. The van der Waals surface area contributed by atoms with Crippen molar-refractivity contribution < 1.29 is 9.53 Å². The number of aryl methyl sites for hydroxylation is 3. The van der Waals surface area contributed by atoms with Crippen LogP contribution in [0, 0.1) is 20.8 Å². The largest absolute Gasteiger partial charge is 0.496 e. The van der Waals surface area contributed by atoms with Crippen LogP contribution in [0.15, 0.2) is 29.4 Å². The van der Waals surface area contributed by atoms with Gasteiger partial charge in [-0.3, -0.25) is 4.79 Å². The lowest BCUT2D eigenvalue weighted by Gasteiger charge is -2.10. The van der Waals surface area contributed by atoms with Gasteiger partial charge in [0.05, 0.1) is 12.9 Å². The zero-order valence-corrected chi connectivity index (χ0v) is 15.4. The number of nitrogens with zero attached hydrogens (tertiary/aromatic N) is 2. The normalized spacial score (nSPS) is 10.5. The third kappa shape index (κ3) is 5.53. The predicted molar refractivity (Wildman–Crippen MR) is 96.7 cm³/mol. The summed E-state index contributed by atoms with van der Waals surface area (Å²) in [5, 5.41) is 3.57. The van der Waals surface area contributed by atoms with E-state index in [-0.39, 0.29) is 5.91 Å². The number of amides is 1. The summed E-state index contributed by atoms with van der Waals surface area (Å²) in [4.78, 5) is 20.6. The summed E-state index contributed by atoms with van der Waals surface area (Å²) in [6.45, 7) is 6.47. The maximum Gasteiger partial charge on any atom is 0.230 e. The van der Waals surface area contributed by atoms with Crippen molar-refractivity contribution in [2.45, 2.75) is 32.3 Å². The van der Waals surface area contributed by atoms with E-state index in [1.807, 2.05) is 39.0 Å². The predicted octanol–water partition coefficient (Wildman–Crippen LogP) is 2.86. The van der Waals surface area contributed by atoms with Crippen molar-refractivity contribution in [3.8, 4) is 5.75 Å². The summed E-state index contributed by atoms with van der Waals surface area (Å²) in [6.07, 6.45) is 0.737. The van der Waals surface area contributed by atoms with E-state index in [0.29, 0.717) is 17.5 Å². The van der Waals surface area contributed by atoms with Crippen molar-refractivity contribution in [3.05, 3.63) is 46.8 Å². The number of carbonyl (C=O) groups is 1.